The van der Waals surface area contributed by atoms with Crippen LogP contribution in [0.3, 0.4) is 0 Å². The van der Waals surface area contributed by atoms with Crippen molar-refractivity contribution in [1.82, 2.24) is 14.9 Å². The first-order valence-electron chi connectivity index (χ1n) is 6.41. The maximum absolute atomic E-state index is 11.9. The van der Waals surface area contributed by atoms with Crippen LogP contribution in [0.2, 0.25) is 0 Å². The van der Waals surface area contributed by atoms with E-state index in [-0.39, 0.29) is 11.6 Å². The molecule has 1 aromatic heterocycles. The molecule has 110 valence electrons. The van der Waals surface area contributed by atoms with Gasteiger partial charge in [0.1, 0.15) is 6.04 Å². The Labute approximate surface area is 121 Å². The molecule has 0 aliphatic rings. The lowest BCUT2D eigenvalue weighted by atomic mass is 10.1. The van der Waals surface area contributed by atoms with E-state index in [0.717, 1.165) is 5.56 Å². The average molecular weight is 288 g/mol. The number of carbonyl (C=O) groups excluding carboxylic acids is 1. The monoisotopic (exact) mass is 288 g/mol. The molecular formula is C14H16N4O3. The number of carboxylic acids is 1. The fourth-order valence-corrected chi connectivity index (χ4v) is 1.82. The number of rotatable bonds is 6. The summed E-state index contributed by atoms with van der Waals surface area (Å²) in [4.78, 5) is 26.3. The molecule has 0 bridgehead atoms. The zero-order valence-corrected chi connectivity index (χ0v) is 11.3. The van der Waals surface area contributed by atoms with Crippen molar-refractivity contribution in [2.24, 2.45) is 5.73 Å². The lowest BCUT2D eigenvalue weighted by molar-refractivity contribution is -0.122. The number of carbonyl (C=O) groups is 2. The van der Waals surface area contributed by atoms with Gasteiger partial charge < -0.3 is 20.7 Å². The molecule has 0 aliphatic carbocycles. The Morgan fingerprint density at radius 2 is 2.05 bits per heavy atom. The molecule has 7 heteroatoms. The fraction of sp³-hybridized carbons (Fsp3) is 0.214. The minimum atomic E-state index is -1.08. The van der Waals surface area contributed by atoms with Crippen LogP contribution < -0.4 is 11.1 Å². The smallest absolute Gasteiger partial charge is 0.356 e. The van der Waals surface area contributed by atoms with Crippen LogP contribution in [0.1, 0.15) is 22.1 Å². The highest BCUT2D eigenvalue weighted by Gasteiger charge is 2.14. The minimum Gasteiger partial charge on any atom is -0.476 e. The van der Waals surface area contributed by atoms with Gasteiger partial charge in [-0.05, 0) is 5.56 Å². The van der Waals surface area contributed by atoms with Gasteiger partial charge in [-0.1, -0.05) is 30.3 Å². The van der Waals surface area contributed by atoms with Crippen molar-refractivity contribution < 1.29 is 14.7 Å². The summed E-state index contributed by atoms with van der Waals surface area (Å²) in [5, 5.41) is 11.5. The summed E-state index contributed by atoms with van der Waals surface area (Å²) in [6.45, 7) is 0.766. The molecule has 0 radical (unpaired) electrons. The van der Waals surface area contributed by atoms with Crippen molar-refractivity contribution in [3.8, 4) is 0 Å². The number of imidazole rings is 1. The van der Waals surface area contributed by atoms with Gasteiger partial charge in [-0.2, -0.15) is 0 Å². The van der Waals surface area contributed by atoms with Crippen molar-refractivity contribution >= 4 is 11.9 Å². The number of benzene rings is 1. The SMILES string of the molecule is N[C@@H](C(=O)NCCn1cnc(C(=O)O)c1)c1ccccc1. The molecule has 0 saturated heterocycles. The predicted octanol–water partition coefficient (Wildman–Crippen LogP) is 0.398. The molecule has 4 N–H and O–H groups in total. The van der Waals surface area contributed by atoms with E-state index in [2.05, 4.69) is 10.3 Å². The largest absolute Gasteiger partial charge is 0.476 e. The highest BCUT2D eigenvalue weighted by Crippen LogP contribution is 2.08. The zero-order chi connectivity index (χ0) is 15.2. The third-order valence-electron chi connectivity index (χ3n) is 2.96. The number of nitrogens with one attached hydrogen (secondary N) is 1. The number of hydrogen-bond donors (Lipinski definition) is 3. The van der Waals surface area contributed by atoms with Crippen LogP contribution in [0.15, 0.2) is 42.9 Å². The Morgan fingerprint density at radius 1 is 1.33 bits per heavy atom. The summed E-state index contributed by atoms with van der Waals surface area (Å²) in [7, 11) is 0. The maximum Gasteiger partial charge on any atom is 0.356 e. The average Bonchev–Trinajstić information content (AvgIpc) is 2.96. The molecule has 0 spiro atoms. The lowest BCUT2D eigenvalue weighted by Gasteiger charge is -2.12. The summed E-state index contributed by atoms with van der Waals surface area (Å²) in [6.07, 6.45) is 2.82. The van der Waals surface area contributed by atoms with Crippen LogP contribution >= 0.6 is 0 Å². The topological polar surface area (TPSA) is 110 Å². The molecule has 1 heterocycles. The molecule has 21 heavy (non-hydrogen) atoms. The van der Waals surface area contributed by atoms with Gasteiger partial charge in [0.05, 0.1) is 6.33 Å². The van der Waals surface area contributed by atoms with E-state index in [1.807, 2.05) is 18.2 Å². The van der Waals surface area contributed by atoms with Crippen molar-refractivity contribution in [3.63, 3.8) is 0 Å². The Hall–Kier alpha value is -2.67. The van der Waals surface area contributed by atoms with Crippen LogP contribution in [0, 0.1) is 0 Å². The van der Waals surface area contributed by atoms with Crippen LogP contribution in [0.25, 0.3) is 0 Å². The van der Waals surface area contributed by atoms with Crippen molar-refractivity contribution in [2.75, 3.05) is 6.54 Å². The number of carboxylic acid groups (broad SMARTS) is 1. The highest BCUT2D eigenvalue weighted by molar-refractivity contribution is 5.85. The number of amides is 1. The number of nitrogens with zero attached hydrogens (tertiary/aromatic N) is 2. The van der Waals surface area contributed by atoms with Gasteiger partial charge in [0, 0.05) is 19.3 Å². The molecule has 0 saturated carbocycles. The first-order chi connectivity index (χ1) is 10.1. The molecule has 7 nitrogen and oxygen atoms in total. The first kappa shape index (κ1) is 14.7. The second kappa shape index (κ2) is 6.67. The van der Waals surface area contributed by atoms with Crippen LogP contribution in [0.5, 0.6) is 0 Å². The molecule has 2 rings (SSSR count). The van der Waals surface area contributed by atoms with E-state index in [1.54, 1.807) is 16.7 Å². The molecule has 0 aliphatic heterocycles. The van der Waals surface area contributed by atoms with E-state index >= 15 is 0 Å². The van der Waals surface area contributed by atoms with Crippen molar-refractivity contribution in [3.05, 3.63) is 54.1 Å². The van der Waals surface area contributed by atoms with Crippen LogP contribution in [-0.4, -0.2) is 33.1 Å². The number of nitrogens with two attached hydrogens (primary N) is 1. The number of aromatic nitrogens is 2. The van der Waals surface area contributed by atoms with Gasteiger partial charge in [-0.25, -0.2) is 9.78 Å². The van der Waals surface area contributed by atoms with Gasteiger partial charge in [0.15, 0.2) is 5.69 Å². The quantitative estimate of drug-likeness (QED) is 0.712. The third kappa shape index (κ3) is 3.90. The van der Waals surface area contributed by atoms with Gasteiger partial charge in [0.25, 0.3) is 0 Å². The third-order valence-corrected chi connectivity index (χ3v) is 2.96. The van der Waals surface area contributed by atoms with Crippen molar-refractivity contribution in [2.45, 2.75) is 12.6 Å². The van der Waals surface area contributed by atoms with Gasteiger partial charge in [0.2, 0.25) is 5.91 Å². The minimum absolute atomic E-state index is 0.0256. The first-order valence-corrected chi connectivity index (χ1v) is 6.41. The molecule has 0 fully saturated rings. The number of aromatic carboxylic acids is 1. The van der Waals surface area contributed by atoms with E-state index < -0.39 is 12.0 Å². The second-order valence-corrected chi connectivity index (χ2v) is 4.48. The summed E-state index contributed by atoms with van der Waals surface area (Å²) in [6, 6.07) is 8.36. The summed E-state index contributed by atoms with van der Waals surface area (Å²) in [5.74, 6) is -1.36. The standard InChI is InChI=1S/C14H16N4O3/c15-12(10-4-2-1-3-5-10)13(19)16-6-7-18-8-11(14(20)21)17-9-18/h1-5,8-9,12H,6-7,15H2,(H,16,19)(H,20,21)/t12-/m1/s1. The molecule has 2 aromatic rings. The molecular weight excluding hydrogens is 272 g/mol. The fourth-order valence-electron chi connectivity index (χ4n) is 1.82. The normalized spacial score (nSPS) is 11.9. The zero-order valence-electron chi connectivity index (χ0n) is 11.3. The molecule has 0 unspecified atom stereocenters. The maximum atomic E-state index is 11.9. The van der Waals surface area contributed by atoms with Gasteiger partial charge >= 0.3 is 5.97 Å². The number of hydrogen-bond acceptors (Lipinski definition) is 4. The Balaban J connectivity index is 1.82. The van der Waals surface area contributed by atoms with Crippen molar-refractivity contribution in [1.29, 1.82) is 0 Å². The van der Waals surface area contributed by atoms with E-state index in [0.29, 0.717) is 13.1 Å². The molecule has 1 amide bonds. The summed E-state index contributed by atoms with van der Waals surface area (Å²) >= 11 is 0. The van der Waals surface area contributed by atoms with E-state index in [1.165, 1.54) is 12.5 Å². The Kier molecular flexibility index (Phi) is 4.68. The summed E-state index contributed by atoms with van der Waals surface area (Å²) < 4.78 is 1.60. The lowest BCUT2D eigenvalue weighted by Crippen LogP contribution is -2.35. The highest BCUT2D eigenvalue weighted by atomic mass is 16.4. The van der Waals surface area contributed by atoms with Gasteiger partial charge in [-0.3, -0.25) is 4.79 Å². The Morgan fingerprint density at radius 3 is 2.67 bits per heavy atom. The Bertz CT molecular complexity index is 624. The van der Waals surface area contributed by atoms with Gasteiger partial charge in [-0.15, -0.1) is 0 Å². The predicted molar refractivity (Wildman–Crippen MR) is 75.6 cm³/mol. The molecule has 1 aromatic carbocycles. The van der Waals surface area contributed by atoms with Crippen LogP contribution in [0.4, 0.5) is 0 Å². The van der Waals surface area contributed by atoms with E-state index in [9.17, 15) is 9.59 Å². The second-order valence-electron chi connectivity index (χ2n) is 4.48. The van der Waals surface area contributed by atoms with E-state index in [4.69, 9.17) is 10.8 Å². The molecule has 1 atom stereocenters. The summed E-state index contributed by atoms with van der Waals surface area (Å²) in [5.41, 5.74) is 6.57. The van der Waals surface area contributed by atoms with Crippen LogP contribution in [-0.2, 0) is 11.3 Å².